The van der Waals surface area contributed by atoms with Crippen molar-refractivity contribution < 1.29 is 0 Å². The van der Waals surface area contributed by atoms with Crippen molar-refractivity contribution >= 4 is 50.2 Å². The van der Waals surface area contributed by atoms with Crippen molar-refractivity contribution in [3.05, 3.63) is 42.1 Å². The Morgan fingerprint density at radius 2 is 2.12 bits per heavy atom. The van der Waals surface area contributed by atoms with Gasteiger partial charge in [-0.15, -0.1) is 22.7 Å². The highest BCUT2D eigenvalue weighted by atomic mass is 79.9. The van der Waals surface area contributed by atoms with Crippen molar-refractivity contribution in [1.82, 2.24) is 5.32 Å². The van der Waals surface area contributed by atoms with Gasteiger partial charge in [-0.05, 0) is 45.4 Å². The molecule has 0 saturated carbocycles. The van der Waals surface area contributed by atoms with Crippen LogP contribution in [0.4, 0.5) is 0 Å². The summed E-state index contributed by atoms with van der Waals surface area (Å²) in [5, 5.41) is 8.53. The Labute approximate surface area is 123 Å². The summed E-state index contributed by atoms with van der Waals surface area (Å²) >= 11 is 13.3. The minimum absolute atomic E-state index is 0.308. The lowest BCUT2D eigenvalue weighted by Gasteiger charge is -2.16. The Morgan fingerprint density at radius 3 is 2.65 bits per heavy atom. The summed E-state index contributed by atoms with van der Waals surface area (Å²) < 4.78 is 1.19. The zero-order valence-corrected chi connectivity index (χ0v) is 13.3. The molecule has 2 heterocycles. The summed E-state index contributed by atoms with van der Waals surface area (Å²) in [6, 6.07) is 4.37. The van der Waals surface area contributed by atoms with E-state index in [2.05, 4.69) is 39.6 Å². The van der Waals surface area contributed by atoms with Crippen LogP contribution in [0.2, 0.25) is 5.02 Å². The molecule has 92 valence electrons. The van der Waals surface area contributed by atoms with Crippen molar-refractivity contribution in [2.75, 3.05) is 6.54 Å². The SMILES string of the molecule is CCNC(Cc1sccc1Br)c1sccc1Cl. The van der Waals surface area contributed by atoms with Crippen LogP contribution in [0.3, 0.4) is 0 Å². The van der Waals surface area contributed by atoms with Crippen molar-refractivity contribution in [2.45, 2.75) is 19.4 Å². The quantitative estimate of drug-likeness (QED) is 0.789. The van der Waals surface area contributed by atoms with Gasteiger partial charge in [0.15, 0.2) is 0 Å². The Balaban J connectivity index is 2.19. The van der Waals surface area contributed by atoms with E-state index in [0.29, 0.717) is 6.04 Å². The van der Waals surface area contributed by atoms with E-state index in [9.17, 15) is 0 Å². The third kappa shape index (κ3) is 3.32. The topological polar surface area (TPSA) is 12.0 Å². The molecule has 5 heteroatoms. The molecule has 0 fully saturated rings. The Kier molecular flexibility index (Phi) is 5.06. The lowest BCUT2D eigenvalue weighted by Crippen LogP contribution is -2.22. The van der Waals surface area contributed by atoms with Crippen molar-refractivity contribution in [1.29, 1.82) is 0 Å². The van der Waals surface area contributed by atoms with Gasteiger partial charge in [-0.2, -0.15) is 0 Å². The Morgan fingerprint density at radius 1 is 1.35 bits per heavy atom. The smallest absolute Gasteiger partial charge is 0.0561 e. The highest BCUT2D eigenvalue weighted by Crippen LogP contribution is 2.33. The number of rotatable bonds is 5. The molecule has 0 aliphatic heterocycles. The van der Waals surface area contributed by atoms with Gasteiger partial charge in [-0.1, -0.05) is 18.5 Å². The molecule has 2 aromatic heterocycles. The molecule has 1 atom stereocenters. The predicted octanol–water partition coefficient (Wildman–Crippen LogP) is 5.12. The summed E-state index contributed by atoms with van der Waals surface area (Å²) in [5.41, 5.74) is 0. The molecule has 1 nitrogen and oxygen atoms in total. The summed E-state index contributed by atoms with van der Waals surface area (Å²) in [7, 11) is 0. The average molecular weight is 351 g/mol. The highest BCUT2D eigenvalue weighted by Gasteiger charge is 2.17. The monoisotopic (exact) mass is 349 g/mol. The largest absolute Gasteiger partial charge is 0.309 e. The molecule has 2 rings (SSSR count). The molecule has 0 aromatic carbocycles. The van der Waals surface area contributed by atoms with E-state index in [1.807, 2.05) is 11.4 Å². The molecule has 0 saturated heterocycles. The van der Waals surface area contributed by atoms with Crippen molar-refractivity contribution in [2.24, 2.45) is 0 Å². The van der Waals surface area contributed by atoms with Crippen LogP contribution < -0.4 is 5.32 Å². The molecule has 0 bridgehead atoms. The number of hydrogen-bond acceptors (Lipinski definition) is 3. The molecular weight excluding hydrogens is 338 g/mol. The van der Waals surface area contributed by atoms with Crippen LogP contribution in [0.5, 0.6) is 0 Å². The first-order valence-electron chi connectivity index (χ1n) is 5.40. The van der Waals surface area contributed by atoms with Gasteiger partial charge in [0, 0.05) is 26.7 Å². The predicted molar refractivity (Wildman–Crippen MR) is 81.5 cm³/mol. The summed E-state index contributed by atoms with van der Waals surface area (Å²) in [6.07, 6.45) is 0.978. The van der Waals surface area contributed by atoms with Crippen molar-refractivity contribution in [3.63, 3.8) is 0 Å². The Bertz CT molecular complexity index is 480. The van der Waals surface area contributed by atoms with Gasteiger partial charge in [0.05, 0.1) is 5.02 Å². The lowest BCUT2D eigenvalue weighted by molar-refractivity contribution is 0.561. The van der Waals surface area contributed by atoms with E-state index in [1.54, 1.807) is 22.7 Å². The van der Waals surface area contributed by atoms with Gasteiger partial charge in [0.2, 0.25) is 0 Å². The van der Waals surface area contributed by atoms with Crippen LogP contribution in [-0.2, 0) is 6.42 Å². The summed E-state index contributed by atoms with van der Waals surface area (Å²) in [4.78, 5) is 2.59. The molecule has 0 radical (unpaired) electrons. The number of likely N-dealkylation sites (N-methyl/N-ethyl adjacent to an activating group) is 1. The van der Waals surface area contributed by atoms with Gasteiger partial charge >= 0.3 is 0 Å². The van der Waals surface area contributed by atoms with E-state index in [0.717, 1.165) is 18.0 Å². The number of thiophene rings is 2. The molecule has 0 amide bonds. The van der Waals surface area contributed by atoms with Crippen LogP contribution in [0, 0.1) is 0 Å². The van der Waals surface area contributed by atoms with E-state index < -0.39 is 0 Å². The zero-order chi connectivity index (χ0) is 12.3. The molecule has 2 aromatic rings. The van der Waals surface area contributed by atoms with E-state index >= 15 is 0 Å². The van der Waals surface area contributed by atoms with Gasteiger partial charge in [-0.3, -0.25) is 0 Å². The minimum Gasteiger partial charge on any atom is -0.309 e. The first-order valence-corrected chi connectivity index (χ1v) is 8.33. The third-order valence-corrected chi connectivity index (χ3v) is 5.91. The minimum atomic E-state index is 0.308. The van der Waals surface area contributed by atoms with Gasteiger partial charge < -0.3 is 5.32 Å². The van der Waals surface area contributed by atoms with Crippen LogP contribution in [-0.4, -0.2) is 6.54 Å². The van der Waals surface area contributed by atoms with E-state index in [4.69, 9.17) is 11.6 Å². The van der Waals surface area contributed by atoms with Crippen LogP contribution in [0.15, 0.2) is 27.4 Å². The highest BCUT2D eigenvalue weighted by molar-refractivity contribution is 9.10. The summed E-state index contributed by atoms with van der Waals surface area (Å²) in [5.74, 6) is 0. The van der Waals surface area contributed by atoms with Crippen molar-refractivity contribution in [3.8, 4) is 0 Å². The van der Waals surface area contributed by atoms with Gasteiger partial charge in [0.1, 0.15) is 0 Å². The Hall–Kier alpha value is 0.130. The first-order chi connectivity index (χ1) is 8.22. The average Bonchev–Trinajstić information content (AvgIpc) is 2.88. The maximum Gasteiger partial charge on any atom is 0.0561 e. The molecule has 1 unspecified atom stereocenters. The fraction of sp³-hybridized carbons (Fsp3) is 0.333. The fourth-order valence-electron chi connectivity index (χ4n) is 1.71. The molecular formula is C12H13BrClNS2. The second kappa shape index (κ2) is 6.34. The molecule has 1 N–H and O–H groups in total. The third-order valence-electron chi connectivity index (χ3n) is 2.49. The second-order valence-corrected chi connectivity index (χ2v) is 6.85. The number of hydrogen-bond donors (Lipinski definition) is 1. The molecule has 0 aliphatic rings. The standard InChI is InChI=1S/C12H13BrClNS2/c1-2-15-10(12-9(14)4-6-17-12)7-11-8(13)3-5-16-11/h3-6,10,15H,2,7H2,1H3. The maximum atomic E-state index is 6.21. The van der Waals surface area contributed by atoms with E-state index in [1.165, 1.54) is 14.2 Å². The summed E-state index contributed by atoms with van der Waals surface area (Å²) in [6.45, 7) is 3.07. The molecule has 0 aliphatic carbocycles. The molecule has 0 spiro atoms. The number of nitrogens with one attached hydrogen (secondary N) is 1. The van der Waals surface area contributed by atoms with Crippen LogP contribution in [0.25, 0.3) is 0 Å². The van der Waals surface area contributed by atoms with Crippen LogP contribution in [0.1, 0.15) is 22.7 Å². The van der Waals surface area contributed by atoms with Crippen LogP contribution >= 0.6 is 50.2 Å². The van der Waals surface area contributed by atoms with Gasteiger partial charge in [0.25, 0.3) is 0 Å². The maximum absolute atomic E-state index is 6.21. The normalized spacial score (nSPS) is 12.9. The fourth-order valence-corrected chi connectivity index (χ4v) is 4.54. The lowest BCUT2D eigenvalue weighted by atomic mass is 10.1. The van der Waals surface area contributed by atoms with E-state index in [-0.39, 0.29) is 0 Å². The second-order valence-electron chi connectivity index (χ2n) is 3.64. The molecule has 17 heavy (non-hydrogen) atoms. The van der Waals surface area contributed by atoms with Gasteiger partial charge in [-0.25, -0.2) is 0 Å². The first kappa shape index (κ1) is 13.6. The zero-order valence-electron chi connectivity index (χ0n) is 9.37. The number of halogens is 2.